The van der Waals surface area contributed by atoms with Crippen molar-refractivity contribution >= 4 is 17.7 Å². The number of nitrogens with two attached hydrogens (primary N) is 1. The molecule has 0 unspecified atom stereocenters. The zero-order valence-corrected chi connectivity index (χ0v) is 11.0. The highest BCUT2D eigenvalue weighted by Gasteiger charge is 2.20. The molecule has 0 aliphatic heterocycles. The Hall–Kier alpha value is -1.63. The predicted molar refractivity (Wildman–Crippen MR) is 65.0 cm³/mol. The Balaban J connectivity index is 3.58. The molecule has 104 valence electrons. The Morgan fingerprint density at radius 1 is 1.22 bits per heavy atom. The van der Waals surface area contributed by atoms with E-state index in [1.165, 1.54) is 0 Å². The first-order chi connectivity index (χ1) is 8.23. The highest BCUT2D eigenvalue weighted by Crippen LogP contribution is 2.12. The summed E-state index contributed by atoms with van der Waals surface area (Å²) < 4.78 is 0. The average molecular weight is 259 g/mol. The van der Waals surface area contributed by atoms with E-state index in [4.69, 9.17) is 5.73 Å². The lowest BCUT2D eigenvalue weighted by atomic mass is 9.96. The number of hydrogen-bond acceptors (Lipinski definition) is 4. The monoisotopic (exact) mass is 259 g/mol. The Bertz CT molecular complexity index is 310. The number of carbonyl (C=O) groups is 3. The SMILES string of the molecule is CC(C)(C)C(=O)NCCCC(=O)NOCC(N)=O. The summed E-state index contributed by atoms with van der Waals surface area (Å²) in [5.74, 6) is -1.08. The van der Waals surface area contributed by atoms with Crippen LogP contribution < -0.4 is 16.5 Å². The van der Waals surface area contributed by atoms with Crippen molar-refractivity contribution in [1.82, 2.24) is 10.8 Å². The van der Waals surface area contributed by atoms with Crippen LogP contribution in [0.1, 0.15) is 33.6 Å². The molecule has 3 amide bonds. The molecular formula is C11H21N3O4. The maximum atomic E-state index is 11.5. The summed E-state index contributed by atoms with van der Waals surface area (Å²) in [4.78, 5) is 37.5. The zero-order chi connectivity index (χ0) is 14.2. The lowest BCUT2D eigenvalue weighted by molar-refractivity contribution is -0.138. The number of carbonyl (C=O) groups excluding carboxylic acids is 3. The summed E-state index contributed by atoms with van der Waals surface area (Å²) in [6.45, 7) is 5.50. The lowest BCUT2D eigenvalue weighted by Crippen LogP contribution is -2.36. The maximum Gasteiger partial charge on any atom is 0.246 e. The molecule has 4 N–H and O–H groups in total. The molecule has 0 rings (SSSR count). The minimum atomic E-state index is -0.659. The predicted octanol–water partition coefficient (Wildman–Crippen LogP) is -0.538. The van der Waals surface area contributed by atoms with Crippen LogP contribution in [0.25, 0.3) is 0 Å². The number of hydrogen-bond donors (Lipinski definition) is 3. The summed E-state index contributed by atoms with van der Waals surface area (Å²) in [6.07, 6.45) is 0.691. The van der Waals surface area contributed by atoms with Gasteiger partial charge in [0.15, 0.2) is 6.61 Å². The number of amides is 3. The van der Waals surface area contributed by atoms with Crippen molar-refractivity contribution in [2.75, 3.05) is 13.2 Å². The van der Waals surface area contributed by atoms with Crippen LogP contribution in [0.2, 0.25) is 0 Å². The van der Waals surface area contributed by atoms with E-state index in [0.717, 1.165) is 0 Å². The van der Waals surface area contributed by atoms with Gasteiger partial charge in [-0.15, -0.1) is 0 Å². The van der Waals surface area contributed by atoms with Crippen LogP contribution >= 0.6 is 0 Å². The topological polar surface area (TPSA) is 111 Å². The number of hydroxylamine groups is 1. The molecule has 7 heteroatoms. The molecular weight excluding hydrogens is 238 g/mol. The van der Waals surface area contributed by atoms with Crippen molar-refractivity contribution in [2.24, 2.45) is 11.1 Å². The van der Waals surface area contributed by atoms with E-state index in [2.05, 4.69) is 15.6 Å². The van der Waals surface area contributed by atoms with Gasteiger partial charge in [-0.2, -0.15) is 0 Å². The largest absolute Gasteiger partial charge is 0.368 e. The van der Waals surface area contributed by atoms with Crippen LogP contribution in [0.4, 0.5) is 0 Å². The smallest absolute Gasteiger partial charge is 0.246 e. The Morgan fingerprint density at radius 3 is 2.33 bits per heavy atom. The van der Waals surface area contributed by atoms with Gasteiger partial charge in [0.05, 0.1) is 0 Å². The molecule has 0 aromatic carbocycles. The fourth-order valence-electron chi connectivity index (χ4n) is 0.955. The Labute approximate surface area is 106 Å². The number of rotatable bonds is 7. The van der Waals surface area contributed by atoms with Crippen molar-refractivity contribution in [3.05, 3.63) is 0 Å². The minimum absolute atomic E-state index is 0.0621. The van der Waals surface area contributed by atoms with Gasteiger partial charge in [0.1, 0.15) is 0 Å². The molecule has 0 atom stereocenters. The molecule has 0 saturated heterocycles. The molecule has 0 saturated carbocycles. The molecule has 0 heterocycles. The second kappa shape index (κ2) is 7.65. The molecule has 0 aromatic heterocycles. The van der Waals surface area contributed by atoms with Gasteiger partial charge in [-0.25, -0.2) is 5.48 Å². The Kier molecular flexibility index (Phi) is 6.96. The van der Waals surface area contributed by atoms with Crippen molar-refractivity contribution in [3.8, 4) is 0 Å². The first-order valence-electron chi connectivity index (χ1n) is 5.70. The first-order valence-corrected chi connectivity index (χ1v) is 5.70. The minimum Gasteiger partial charge on any atom is -0.368 e. The van der Waals surface area contributed by atoms with Crippen molar-refractivity contribution < 1.29 is 19.2 Å². The average Bonchev–Trinajstić information content (AvgIpc) is 2.22. The molecule has 0 fully saturated rings. The van der Waals surface area contributed by atoms with Crippen LogP contribution in [-0.4, -0.2) is 30.9 Å². The molecule has 0 aliphatic carbocycles. The molecule has 0 spiro atoms. The van der Waals surface area contributed by atoms with E-state index >= 15 is 0 Å². The van der Waals surface area contributed by atoms with E-state index in [1.807, 2.05) is 20.8 Å². The van der Waals surface area contributed by atoms with Gasteiger partial charge in [0.2, 0.25) is 17.7 Å². The standard InChI is InChI=1S/C11H21N3O4/c1-11(2,3)10(17)13-6-4-5-9(16)14-18-7-8(12)15/h4-7H2,1-3H3,(H2,12,15)(H,13,17)(H,14,16). The van der Waals surface area contributed by atoms with Crippen LogP contribution in [0.15, 0.2) is 0 Å². The van der Waals surface area contributed by atoms with Crippen LogP contribution in [0, 0.1) is 5.41 Å². The van der Waals surface area contributed by atoms with Gasteiger partial charge < -0.3 is 11.1 Å². The first kappa shape index (κ1) is 16.4. The highest BCUT2D eigenvalue weighted by atomic mass is 16.7. The number of nitrogens with one attached hydrogen (secondary N) is 2. The quantitative estimate of drug-likeness (QED) is 0.421. The van der Waals surface area contributed by atoms with Gasteiger partial charge in [-0.3, -0.25) is 19.2 Å². The van der Waals surface area contributed by atoms with Gasteiger partial charge in [-0.05, 0) is 6.42 Å². The number of primary amides is 1. The molecule has 0 bridgehead atoms. The van der Waals surface area contributed by atoms with E-state index in [1.54, 1.807) is 0 Å². The third-order valence-electron chi connectivity index (χ3n) is 1.95. The summed E-state index contributed by atoms with van der Waals surface area (Å²) in [5, 5.41) is 2.72. The Morgan fingerprint density at radius 2 is 1.83 bits per heavy atom. The summed E-state index contributed by atoms with van der Waals surface area (Å²) in [5.41, 5.74) is 6.45. The van der Waals surface area contributed by atoms with Crippen LogP contribution in [0.3, 0.4) is 0 Å². The van der Waals surface area contributed by atoms with Gasteiger partial charge >= 0.3 is 0 Å². The molecule has 0 aromatic rings. The fraction of sp³-hybridized carbons (Fsp3) is 0.727. The lowest BCUT2D eigenvalue weighted by Gasteiger charge is -2.17. The summed E-state index contributed by atoms with van der Waals surface area (Å²) in [6, 6.07) is 0. The van der Waals surface area contributed by atoms with E-state index in [9.17, 15) is 14.4 Å². The summed E-state index contributed by atoms with van der Waals surface area (Å²) in [7, 11) is 0. The summed E-state index contributed by atoms with van der Waals surface area (Å²) >= 11 is 0. The van der Waals surface area contributed by atoms with Crippen molar-refractivity contribution in [1.29, 1.82) is 0 Å². The van der Waals surface area contributed by atoms with E-state index in [-0.39, 0.29) is 24.8 Å². The third kappa shape index (κ3) is 8.51. The van der Waals surface area contributed by atoms with Gasteiger partial charge in [0.25, 0.3) is 0 Å². The second-order valence-corrected chi connectivity index (χ2v) is 4.89. The van der Waals surface area contributed by atoms with E-state index < -0.39 is 11.3 Å². The van der Waals surface area contributed by atoms with Crippen LogP contribution in [0.5, 0.6) is 0 Å². The van der Waals surface area contributed by atoms with Crippen molar-refractivity contribution in [2.45, 2.75) is 33.6 Å². The second-order valence-electron chi connectivity index (χ2n) is 4.89. The molecule has 0 aliphatic rings. The maximum absolute atomic E-state index is 11.5. The zero-order valence-electron chi connectivity index (χ0n) is 11.0. The van der Waals surface area contributed by atoms with E-state index in [0.29, 0.717) is 13.0 Å². The fourth-order valence-corrected chi connectivity index (χ4v) is 0.955. The van der Waals surface area contributed by atoms with Gasteiger partial charge in [-0.1, -0.05) is 20.8 Å². The highest BCUT2D eigenvalue weighted by molar-refractivity contribution is 5.81. The molecule has 18 heavy (non-hydrogen) atoms. The third-order valence-corrected chi connectivity index (χ3v) is 1.95. The molecule has 0 radical (unpaired) electrons. The molecule has 7 nitrogen and oxygen atoms in total. The van der Waals surface area contributed by atoms with Crippen LogP contribution in [-0.2, 0) is 19.2 Å². The van der Waals surface area contributed by atoms with Gasteiger partial charge in [0, 0.05) is 18.4 Å². The normalized spacial score (nSPS) is 10.8. The van der Waals surface area contributed by atoms with Crippen molar-refractivity contribution in [3.63, 3.8) is 0 Å².